The van der Waals surface area contributed by atoms with Crippen molar-refractivity contribution in [2.75, 3.05) is 5.32 Å². The maximum Gasteiger partial charge on any atom is 0.335 e. The number of aromatic nitrogens is 2. The highest BCUT2D eigenvalue weighted by Gasteiger charge is 2.24. The van der Waals surface area contributed by atoms with E-state index in [-0.39, 0.29) is 5.56 Å². The molecule has 112 valence electrons. The smallest absolute Gasteiger partial charge is 0.335 e. The van der Waals surface area contributed by atoms with Gasteiger partial charge in [0, 0.05) is 17.3 Å². The van der Waals surface area contributed by atoms with Crippen molar-refractivity contribution >= 4 is 23.1 Å². The average molecular weight is 305 g/mol. The van der Waals surface area contributed by atoms with E-state index in [2.05, 4.69) is 15.3 Å². The minimum absolute atomic E-state index is 0.255. The zero-order valence-corrected chi connectivity index (χ0v) is 13.2. The molecule has 0 amide bonds. The Bertz CT molecular complexity index is 624. The summed E-state index contributed by atoms with van der Waals surface area (Å²) in [6.45, 7) is 6.04. The number of thiazole rings is 1. The van der Waals surface area contributed by atoms with Crippen LogP contribution in [-0.2, 0) is 12.0 Å². The topological polar surface area (TPSA) is 75.1 Å². The Hall–Kier alpha value is -1.95. The van der Waals surface area contributed by atoms with Gasteiger partial charge in [-0.15, -0.1) is 11.3 Å². The van der Waals surface area contributed by atoms with Crippen molar-refractivity contribution in [3.8, 4) is 0 Å². The molecule has 2 N–H and O–H groups in total. The van der Waals surface area contributed by atoms with Gasteiger partial charge >= 0.3 is 5.97 Å². The van der Waals surface area contributed by atoms with Gasteiger partial charge in [-0.25, -0.2) is 14.8 Å². The molecule has 0 atom stereocenters. The first-order valence-electron chi connectivity index (χ1n) is 6.85. The van der Waals surface area contributed by atoms with Gasteiger partial charge in [0.2, 0.25) is 0 Å². The molecule has 0 saturated carbocycles. The van der Waals surface area contributed by atoms with Crippen LogP contribution in [-0.4, -0.2) is 21.0 Å². The summed E-state index contributed by atoms with van der Waals surface area (Å²) in [4.78, 5) is 20.1. The van der Waals surface area contributed by atoms with Gasteiger partial charge in [-0.2, -0.15) is 0 Å². The van der Waals surface area contributed by atoms with Crippen LogP contribution in [0.2, 0.25) is 0 Å². The summed E-state index contributed by atoms with van der Waals surface area (Å²) >= 11 is 1.56. The van der Waals surface area contributed by atoms with Gasteiger partial charge in [0.15, 0.2) is 0 Å². The van der Waals surface area contributed by atoms with Crippen LogP contribution in [0.15, 0.2) is 23.7 Å². The third-order valence-corrected chi connectivity index (χ3v) is 4.14. The first kappa shape index (κ1) is 15.4. The van der Waals surface area contributed by atoms with Crippen LogP contribution < -0.4 is 5.32 Å². The minimum atomic E-state index is -0.940. The molecule has 0 aliphatic heterocycles. The number of carboxylic acid groups (broad SMARTS) is 1. The van der Waals surface area contributed by atoms with E-state index >= 15 is 0 Å². The second-order valence-corrected chi connectivity index (χ2v) is 6.27. The Morgan fingerprint density at radius 1 is 1.43 bits per heavy atom. The van der Waals surface area contributed by atoms with Crippen molar-refractivity contribution in [2.45, 2.75) is 39.2 Å². The fraction of sp³-hybridized carbons (Fsp3) is 0.400. The third-order valence-electron chi connectivity index (χ3n) is 3.04. The fourth-order valence-electron chi connectivity index (χ4n) is 2.07. The monoisotopic (exact) mass is 305 g/mol. The SMILES string of the molecule is CCCc1cc(C(=O)O)cc(NC(C)(C)c2nccs2)n1. The molecule has 2 aromatic rings. The lowest BCUT2D eigenvalue weighted by Crippen LogP contribution is -2.28. The molecule has 21 heavy (non-hydrogen) atoms. The number of rotatable bonds is 6. The van der Waals surface area contributed by atoms with Crippen molar-refractivity contribution in [1.82, 2.24) is 9.97 Å². The molecule has 0 aromatic carbocycles. The van der Waals surface area contributed by atoms with E-state index < -0.39 is 11.5 Å². The lowest BCUT2D eigenvalue weighted by molar-refractivity contribution is 0.0696. The zero-order valence-electron chi connectivity index (χ0n) is 12.4. The van der Waals surface area contributed by atoms with Gasteiger partial charge in [0.25, 0.3) is 0 Å². The van der Waals surface area contributed by atoms with Crippen LogP contribution in [0.25, 0.3) is 0 Å². The molecule has 0 bridgehead atoms. The predicted octanol–water partition coefficient (Wildman–Crippen LogP) is 3.54. The number of hydrogen-bond donors (Lipinski definition) is 2. The molecule has 0 fully saturated rings. The van der Waals surface area contributed by atoms with Gasteiger partial charge < -0.3 is 10.4 Å². The molecule has 0 unspecified atom stereocenters. The van der Waals surface area contributed by atoms with Crippen LogP contribution >= 0.6 is 11.3 Å². The highest BCUT2D eigenvalue weighted by molar-refractivity contribution is 7.09. The number of nitrogens with one attached hydrogen (secondary N) is 1. The van der Waals surface area contributed by atoms with Crippen LogP contribution in [0.4, 0.5) is 5.82 Å². The van der Waals surface area contributed by atoms with Crippen LogP contribution in [0.3, 0.4) is 0 Å². The van der Waals surface area contributed by atoms with E-state index in [0.717, 1.165) is 23.5 Å². The van der Waals surface area contributed by atoms with Crippen LogP contribution in [0.5, 0.6) is 0 Å². The van der Waals surface area contributed by atoms with Gasteiger partial charge in [0.05, 0.1) is 11.1 Å². The summed E-state index contributed by atoms with van der Waals surface area (Å²) in [5.74, 6) is -0.372. The quantitative estimate of drug-likeness (QED) is 0.854. The van der Waals surface area contributed by atoms with E-state index in [0.29, 0.717) is 5.82 Å². The molecule has 0 aliphatic carbocycles. The molecule has 0 saturated heterocycles. The predicted molar refractivity (Wildman–Crippen MR) is 84.0 cm³/mol. The second-order valence-electron chi connectivity index (χ2n) is 5.37. The van der Waals surface area contributed by atoms with Crippen molar-refractivity contribution in [3.63, 3.8) is 0 Å². The standard InChI is InChI=1S/C15H19N3O2S/c1-4-5-11-8-10(13(19)20)9-12(17-11)18-15(2,3)14-16-6-7-21-14/h6-9H,4-5H2,1-3H3,(H,17,18)(H,19,20). The highest BCUT2D eigenvalue weighted by Crippen LogP contribution is 2.27. The Labute approximate surface area is 128 Å². The lowest BCUT2D eigenvalue weighted by atomic mass is 10.1. The Morgan fingerprint density at radius 3 is 2.76 bits per heavy atom. The Balaban J connectivity index is 2.32. The molecule has 5 nitrogen and oxygen atoms in total. The Kier molecular flexibility index (Phi) is 4.57. The maximum absolute atomic E-state index is 11.2. The summed E-state index contributed by atoms with van der Waals surface area (Å²) in [5, 5.41) is 15.4. The van der Waals surface area contributed by atoms with Crippen molar-refractivity contribution in [1.29, 1.82) is 0 Å². The second kappa shape index (κ2) is 6.22. The van der Waals surface area contributed by atoms with E-state index in [9.17, 15) is 9.90 Å². The van der Waals surface area contributed by atoms with Gasteiger partial charge in [-0.3, -0.25) is 0 Å². The van der Waals surface area contributed by atoms with Crippen molar-refractivity contribution in [3.05, 3.63) is 40.0 Å². The number of nitrogens with zero attached hydrogens (tertiary/aromatic N) is 2. The summed E-state index contributed by atoms with van der Waals surface area (Å²) in [5.41, 5.74) is 0.641. The number of hydrogen-bond acceptors (Lipinski definition) is 5. The van der Waals surface area contributed by atoms with E-state index in [1.54, 1.807) is 29.7 Å². The number of carbonyl (C=O) groups is 1. The Morgan fingerprint density at radius 2 is 2.19 bits per heavy atom. The first-order valence-corrected chi connectivity index (χ1v) is 7.72. The molecule has 2 rings (SSSR count). The normalized spacial score (nSPS) is 11.4. The summed E-state index contributed by atoms with van der Waals surface area (Å²) < 4.78 is 0. The van der Waals surface area contributed by atoms with E-state index in [1.165, 1.54) is 0 Å². The third kappa shape index (κ3) is 3.78. The molecule has 0 radical (unpaired) electrons. The molecular formula is C15H19N3O2S. The summed E-state index contributed by atoms with van der Waals surface area (Å²) in [6, 6.07) is 3.20. The first-order chi connectivity index (χ1) is 9.92. The van der Waals surface area contributed by atoms with Crippen LogP contribution in [0.1, 0.15) is 48.3 Å². The lowest BCUT2D eigenvalue weighted by Gasteiger charge is -2.25. The van der Waals surface area contributed by atoms with E-state index in [1.807, 2.05) is 26.2 Å². The van der Waals surface area contributed by atoms with Crippen LogP contribution in [0, 0.1) is 0 Å². The number of pyridine rings is 1. The molecule has 2 aromatic heterocycles. The molecule has 6 heteroatoms. The number of aryl methyl sites for hydroxylation is 1. The maximum atomic E-state index is 11.2. The zero-order chi connectivity index (χ0) is 15.5. The number of anilines is 1. The minimum Gasteiger partial charge on any atom is -0.478 e. The van der Waals surface area contributed by atoms with Gasteiger partial charge in [0.1, 0.15) is 10.8 Å². The molecular weight excluding hydrogens is 286 g/mol. The van der Waals surface area contributed by atoms with Crippen molar-refractivity contribution in [2.24, 2.45) is 0 Å². The fourth-order valence-corrected chi connectivity index (χ4v) is 2.78. The molecule has 0 spiro atoms. The number of carboxylic acids is 1. The molecule has 0 aliphatic rings. The highest BCUT2D eigenvalue weighted by atomic mass is 32.1. The van der Waals surface area contributed by atoms with Gasteiger partial charge in [-0.05, 0) is 32.4 Å². The molecule has 2 heterocycles. The average Bonchev–Trinajstić information content (AvgIpc) is 2.92. The van der Waals surface area contributed by atoms with Crippen molar-refractivity contribution < 1.29 is 9.90 Å². The van der Waals surface area contributed by atoms with Gasteiger partial charge in [-0.1, -0.05) is 13.3 Å². The summed E-state index contributed by atoms with van der Waals surface area (Å²) in [6.07, 6.45) is 3.44. The summed E-state index contributed by atoms with van der Waals surface area (Å²) in [7, 11) is 0. The van der Waals surface area contributed by atoms with E-state index in [4.69, 9.17) is 0 Å². The largest absolute Gasteiger partial charge is 0.478 e. The number of aromatic carboxylic acids is 1.